The zero-order valence-electron chi connectivity index (χ0n) is 13.3. The number of hydrogen-bond donors (Lipinski definition) is 1. The number of nitrogens with one attached hydrogen (secondary N) is 1. The van der Waals surface area contributed by atoms with Crippen molar-refractivity contribution < 1.29 is 19.1 Å². The predicted octanol–water partition coefficient (Wildman–Crippen LogP) is 3.80. The summed E-state index contributed by atoms with van der Waals surface area (Å²) in [5, 5.41) is 3.12. The molecule has 0 unspecified atom stereocenters. The van der Waals surface area contributed by atoms with Crippen LogP contribution in [0.3, 0.4) is 0 Å². The minimum absolute atomic E-state index is 0.304. The van der Waals surface area contributed by atoms with Crippen LogP contribution in [0.25, 0.3) is 0 Å². The van der Waals surface area contributed by atoms with Gasteiger partial charge in [0.2, 0.25) is 0 Å². The van der Waals surface area contributed by atoms with E-state index >= 15 is 0 Å². The van der Waals surface area contributed by atoms with Crippen LogP contribution in [0, 0.1) is 5.92 Å². The van der Waals surface area contributed by atoms with Crippen LogP contribution in [0.5, 0.6) is 5.75 Å². The Hall–Kier alpha value is -1.75. The van der Waals surface area contributed by atoms with Crippen molar-refractivity contribution in [2.24, 2.45) is 5.92 Å². The molecule has 1 fully saturated rings. The number of rotatable bonds is 6. The first-order valence-corrected chi connectivity index (χ1v) is 8.25. The fourth-order valence-electron chi connectivity index (χ4n) is 2.80. The monoisotopic (exact) mass is 339 g/mol. The van der Waals surface area contributed by atoms with Crippen molar-refractivity contribution in [3.63, 3.8) is 0 Å². The standard InChI is InChI=1S/C17H22ClNO4/c1-22-15-8-7-13(18)10-14(15)19-16(20)11-23-17(21)9-12-5-3-2-4-6-12/h7-8,10,12H,2-6,9,11H2,1H3,(H,19,20). The molecule has 0 atom stereocenters. The van der Waals surface area contributed by atoms with Gasteiger partial charge in [0, 0.05) is 11.4 Å². The Kier molecular flexibility index (Phi) is 6.71. The average Bonchev–Trinajstić information content (AvgIpc) is 2.54. The van der Waals surface area contributed by atoms with Gasteiger partial charge in [-0.2, -0.15) is 0 Å². The van der Waals surface area contributed by atoms with E-state index in [4.69, 9.17) is 21.1 Å². The summed E-state index contributed by atoms with van der Waals surface area (Å²) < 4.78 is 10.2. The van der Waals surface area contributed by atoms with E-state index in [-0.39, 0.29) is 12.6 Å². The maximum absolute atomic E-state index is 11.9. The van der Waals surface area contributed by atoms with Crippen LogP contribution in [0.2, 0.25) is 5.02 Å². The highest BCUT2D eigenvalue weighted by molar-refractivity contribution is 6.31. The molecule has 0 aromatic heterocycles. The van der Waals surface area contributed by atoms with E-state index in [9.17, 15) is 9.59 Å². The molecule has 23 heavy (non-hydrogen) atoms. The van der Waals surface area contributed by atoms with Crippen molar-refractivity contribution in [1.29, 1.82) is 0 Å². The molecule has 0 aliphatic heterocycles. The summed E-state index contributed by atoms with van der Waals surface area (Å²) >= 11 is 5.90. The number of hydrogen-bond acceptors (Lipinski definition) is 4. The molecule has 6 heteroatoms. The molecule has 0 spiro atoms. The van der Waals surface area contributed by atoms with Crippen molar-refractivity contribution in [2.45, 2.75) is 38.5 Å². The lowest BCUT2D eigenvalue weighted by molar-refractivity contribution is -0.148. The maximum atomic E-state index is 11.9. The second kappa shape index (κ2) is 8.77. The molecule has 0 heterocycles. The van der Waals surface area contributed by atoms with Gasteiger partial charge in [-0.05, 0) is 37.0 Å². The number of methoxy groups -OCH3 is 1. The van der Waals surface area contributed by atoms with E-state index in [1.807, 2.05) is 0 Å². The lowest BCUT2D eigenvalue weighted by Gasteiger charge is -2.20. The molecule has 1 aromatic rings. The second-order valence-corrected chi connectivity index (χ2v) is 6.20. The third-order valence-electron chi connectivity index (χ3n) is 3.98. The number of halogens is 1. The number of carbonyl (C=O) groups is 2. The molecule has 1 N–H and O–H groups in total. The smallest absolute Gasteiger partial charge is 0.306 e. The van der Waals surface area contributed by atoms with Crippen LogP contribution in [-0.4, -0.2) is 25.6 Å². The van der Waals surface area contributed by atoms with Crippen molar-refractivity contribution in [2.75, 3.05) is 19.0 Å². The summed E-state index contributed by atoms with van der Waals surface area (Å²) in [6.07, 6.45) is 6.13. The first-order chi connectivity index (χ1) is 11.1. The first-order valence-electron chi connectivity index (χ1n) is 7.87. The van der Waals surface area contributed by atoms with Gasteiger partial charge in [0.05, 0.1) is 12.8 Å². The normalized spacial score (nSPS) is 15.0. The Morgan fingerprint density at radius 2 is 2.00 bits per heavy atom. The Morgan fingerprint density at radius 1 is 1.26 bits per heavy atom. The summed E-state index contributed by atoms with van der Waals surface area (Å²) in [4.78, 5) is 23.7. The van der Waals surface area contributed by atoms with Crippen LogP contribution in [0.4, 0.5) is 5.69 Å². The van der Waals surface area contributed by atoms with Crippen molar-refractivity contribution in [3.05, 3.63) is 23.2 Å². The number of anilines is 1. The number of carbonyl (C=O) groups excluding carboxylic acids is 2. The number of esters is 1. The van der Waals surface area contributed by atoms with Gasteiger partial charge in [0.1, 0.15) is 5.75 Å². The first kappa shape index (κ1) is 17.6. The fourth-order valence-corrected chi connectivity index (χ4v) is 2.97. The van der Waals surface area contributed by atoms with Gasteiger partial charge in [-0.3, -0.25) is 9.59 Å². The van der Waals surface area contributed by atoms with Gasteiger partial charge in [-0.25, -0.2) is 0 Å². The molecular weight excluding hydrogens is 318 g/mol. The highest BCUT2D eigenvalue weighted by atomic mass is 35.5. The lowest BCUT2D eigenvalue weighted by atomic mass is 9.87. The highest BCUT2D eigenvalue weighted by Gasteiger charge is 2.18. The van der Waals surface area contributed by atoms with E-state index in [0.29, 0.717) is 28.8 Å². The molecule has 1 aliphatic rings. The summed E-state index contributed by atoms with van der Waals surface area (Å²) in [6, 6.07) is 4.91. The van der Waals surface area contributed by atoms with Crippen molar-refractivity contribution >= 4 is 29.2 Å². The summed E-state index contributed by atoms with van der Waals surface area (Å²) in [5.74, 6) is 0.163. The molecule has 0 saturated heterocycles. The maximum Gasteiger partial charge on any atom is 0.306 e. The van der Waals surface area contributed by atoms with E-state index in [1.54, 1.807) is 18.2 Å². The second-order valence-electron chi connectivity index (χ2n) is 5.76. The quantitative estimate of drug-likeness (QED) is 0.800. The van der Waals surface area contributed by atoms with Gasteiger partial charge >= 0.3 is 5.97 Å². The summed E-state index contributed by atoms with van der Waals surface area (Å²) in [5.41, 5.74) is 0.452. The molecule has 5 nitrogen and oxygen atoms in total. The molecule has 1 aromatic carbocycles. The largest absolute Gasteiger partial charge is 0.495 e. The fraction of sp³-hybridized carbons (Fsp3) is 0.529. The Morgan fingerprint density at radius 3 is 2.70 bits per heavy atom. The number of benzene rings is 1. The average molecular weight is 340 g/mol. The summed E-state index contributed by atoms with van der Waals surface area (Å²) in [7, 11) is 1.50. The molecule has 126 valence electrons. The van der Waals surface area contributed by atoms with E-state index < -0.39 is 5.91 Å². The highest BCUT2D eigenvalue weighted by Crippen LogP contribution is 2.28. The van der Waals surface area contributed by atoms with Crippen LogP contribution >= 0.6 is 11.6 Å². The Balaban J connectivity index is 1.78. The molecule has 2 rings (SSSR count). The Labute approximate surface area is 141 Å². The topological polar surface area (TPSA) is 64.6 Å². The van der Waals surface area contributed by atoms with Gasteiger partial charge in [0.15, 0.2) is 6.61 Å². The molecule has 1 aliphatic carbocycles. The minimum atomic E-state index is -0.414. The lowest BCUT2D eigenvalue weighted by Crippen LogP contribution is -2.22. The molecule has 1 amide bonds. The number of ether oxygens (including phenoxy) is 2. The minimum Gasteiger partial charge on any atom is -0.495 e. The molecule has 1 saturated carbocycles. The van der Waals surface area contributed by atoms with Crippen LogP contribution in [0.15, 0.2) is 18.2 Å². The van der Waals surface area contributed by atoms with E-state index in [2.05, 4.69) is 5.32 Å². The third-order valence-corrected chi connectivity index (χ3v) is 4.22. The zero-order valence-corrected chi connectivity index (χ0v) is 14.0. The van der Waals surface area contributed by atoms with Gasteiger partial charge < -0.3 is 14.8 Å². The van der Waals surface area contributed by atoms with Gasteiger partial charge in [0.25, 0.3) is 5.91 Å². The predicted molar refractivity (Wildman–Crippen MR) is 88.8 cm³/mol. The van der Waals surface area contributed by atoms with Crippen molar-refractivity contribution in [3.8, 4) is 5.75 Å². The van der Waals surface area contributed by atoms with E-state index in [0.717, 1.165) is 12.8 Å². The van der Waals surface area contributed by atoms with Crippen LogP contribution in [0.1, 0.15) is 38.5 Å². The SMILES string of the molecule is COc1ccc(Cl)cc1NC(=O)COC(=O)CC1CCCCC1. The third kappa shape index (κ3) is 5.75. The zero-order chi connectivity index (χ0) is 16.7. The van der Waals surface area contributed by atoms with Gasteiger partial charge in [-0.1, -0.05) is 30.9 Å². The molecule has 0 radical (unpaired) electrons. The van der Waals surface area contributed by atoms with Gasteiger partial charge in [-0.15, -0.1) is 0 Å². The van der Waals surface area contributed by atoms with Crippen LogP contribution in [-0.2, 0) is 14.3 Å². The Bertz CT molecular complexity index is 556. The number of amides is 1. The van der Waals surface area contributed by atoms with Crippen molar-refractivity contribution in [1.82, 2.24) is 0 Å². The summed E-state index contributed by atoms with van der Waals surface area (Å²) in [6.45, 7) is -0.304. The molecular formula is C17H22ClNO4. The van der Waals surface area contributed by atoms with Crippen LogP contribution < -0.4 is 10.1 Å². The van der Waals surface area contributed by atoms with E-state index in [1.165, 1.54) is 26.4 Å². The molecule has 0 bridgehead atoms.